The molecule has 0 aromatic carbocycles. The molecule has 1 aromatic rings. The van der Waals surface area contributed by atoms with E-state index in [1.807, 2.05) is 38.4 Å². The predicted octanol–water partition coefficient (Wildman–Crippen LogP) is 1.42. The Bertz CT molecular complexity index is 296. The molecule has 0 saturated carbocycles. The maximum Gasteiger partial charge on any atom is 0.128 e. The first-order valence-electron chi connectivity index (χ1n) is 4.70. The maximum absolute atomic E-state index is 4.50. The Kier molecular flexibility index (Phi) is 4.13. The Morgan fingerprint density at radius 1 is 1.57 bits per heavy atom. The van der Waals surface area contributed by atoms with Gasteiger partial charge in [-0.05, 0) is 19.2 Å². The van der Waals surface area contributed by atoms with Gasteiger partial charge in [-0.3, -0.25) is 0 Å². The lowest BCUT2D eigenvalue weighted by molar-refractivity contribution is 0.787. The van der Waals surface area contributed by atoms with Crippen LogP contribution in [0.2, 0.25) is 0 Å². The number of rotatable bonds is 5. The number of pyridine rings is 1. The largest absolute Gasteiger partial charge is 0.356 e. The van der Waals surface area contributed by atoms with Crippen molar-refractivity contribution in [1.29, 1.82) is 0 Å². The van der Waals surface area contributed by atoms with Crippen LogP contribution in [0.3, 0.4) is 0 Å². The molecule has 1 heterocycles. The molecule has 0 fully saturated rings. The van der Waals surface area contributed by atoms with Crippen LogP contribution in [0.15, 0.2) is 30.9 Å². The van der Waals surface area contributed by atoms with Crippen molar-refractivity contribution < 1.29 is 0 Å². The summed E-state index contributed by atoms with van der Waals surface area (Å²) < 4.78 is 0. The SMILES string of the molecule is C=CCN(C)c1cccc(CNC)n1. The molecule has 14 heavy (non-hydrogen) atoms. The van der Waals surface area contributed by atoms with E-state index in [0.29, 0.717) is 0 Å². The van der Waals surface area contributed by atoms with Gasteiger partial charge in [-0.1, -0.05) is 12.1 Å². The van der Waals surface area contributed by atoms with E-state index in [9.17, 15) is 0 Å². The summed E-state index contributed by atoms with van der Waals surface area (Å²) >= 11 is 0. The zero-order valence-electron chi connectivity index (χ0n) is 8.83. The number of hydrogen-bond acceptors (Lipinski definition) is 3. The summed E-state index contributed by atoms with van der Waals surface area (Å²) in [5.74, 6) is 0.984. The third-order valence-corrected chi connectivity index (χ3v) is 1.94. The normalized spacial score (nSPS) is 9.86. The molecule has 0 aliphatic carbocycles. The summed E-state index contributed by atoms with van der Waals surface area (Å²) in [4.78, 5) is 6.56. The summed E-state index contributed by atoms with van der Waals surface area (Å²) in [6, 6.07) is 6.04. The van der Waals surface area contributed by atoms with Crippen molar-refractivity contribution in [2.75, 3.05) is 25.5 Å². The average molecular weight is 191 g/mol. The highest BCUT2D eigenvalue weighted by atomic mass is 15.2. The smallest absolute Gasteiger partial charge is 0.128 e. The number of likely N-dealkylation sites (N-methyl/N-ethyl adjacent to an activating group) is 1. The minimum Gasteiger partial charge on any atom is -0.356 e. The van der Waals surface area contributed by atoms with E-state index in [1.54, 1.807) is 0 Å². The van der Waals surface area contributed by atoms with Gasteiger partial charge in [0.25, 0.3) is 0 Å². The van der Waals surface area contributed by atoms with Crippen LogP contribution in [-0.4, -0.2) is 25.6 Å². The van der Waals surface area contributed by atoms with Gasteiger partial charge in [0.1, 0.15) is 5.82 Å². The Morgan fingerprint density at radius 2 is 2.36 bits per heavy atom. The van der Waals surface area contributed by atoms with Crippen LogP contribution in [0.1, 0.15) is 5.69 Å². The van der Waals surface area contributed by atoms with Crippen molar-refractivity contribution >= 4 is 5.82 Å². The minimum absolute atomic E-state index is 0.801. The first-order valence-corrected chi connectivity index (χ1v) is 4.70. The summed E-state index contributed by atoms with van der Waals surface area (Å²) in [5.41, 5.74) is 1.06. The van der Waals surface area contributed by atoms with Crippen molar-refractivity contribution in [1.82, 2.24) is 10.3 Å². The van der Waals surface area contributed by atoms with Crippen molar-refractivity contribution in [2.45, 2.75) is 6.54 Å². The molecule has 0 bridgehead atoms. The van der Waals surface area contributed by atoms with E-state index in [0.717, 1.165) is 24.6 Å². The van der Waals surface area contributed by atoms with E-state index in [4.69, 9.17) is 0 Å². The first kappa shape index (κ1) is 10.7. The van der Waals surface area contributed by atoms with Crippen LogP contribution in [0.5, 0.6) is 0 Å². The predicted molar refractivity (Wildman–Crippen MR) is 60.5 cm³/mol. The molecular weight excluding hydrogens is 174 g/mol. The Balaban J connectivity index is 2.76. The topological polar surface area (TPSA) is 28.2 Å². The van der Waals surface area contributed by atoms with E-state index >= 15 is 0 Å². The third-order valence-electron chi connectivity index (χ3n) is 1.94. The highest BCUT2D eigenvalue weighted by Crippen LogP contribution is 2.09. The molecule has 1 aromatic heterocycles. The second kappa shape index (κ2) is 5.40. The monoisotopic (exact) mass is 191 g/mol. The molecule has 0 unspecified atom stereocenters. The molecule has 0 atom stereocenters. The second-order valence-electron chi connectivity index (χ2n) is 3.19. The lowest BCUT2D eigenvalue weighted by Gasteiger charge is -2.16. The molecule has 0 saturated heterocycles. The Morgan fingerprint density at radius 3 is 3.00 bits per heavy atom. The Hall–Kier alpha value is -1.35. The molecule has 0 amide bonds. The van der Waals surface area contributed by atoms with E-state index in [2.05, 4.69) is 21.8 Å². The highest BCUT2D eigenvalue weighted by molar-refractivity contribution is 5.38. The fourth-order valence-electron chi connectivity index (χ4n) is 1.25. The minimum atomic E-state index is 0.801. The van der Waals surface area contributed by atoms with Crippen molar-refractivity contribution in [3.8, 4) is 0 Å². The molecule has 3 heteroatoms. The molecule has 1 N–H and O–H groups in total. The molecule has 3 nitrogen and oxygen atoms in total. The summed E-state index contributed by atoms with van der Waals surface area (Å²) in [6.07, 6.45) is 1.87. The van der Waals surface area contributed by atoms with Gasteiger partial charge in [-0.15, -0.1) is 6.58 Å². The average Bonchev–Trinajstić information content (AvgIpc) is 2.19. The van der Waals surface area contributed by atoms with Gasteiger partial charge in [0.05, 0.1) is 5.69 Å². The standard InChI is InChI=1S/C11H17N3/c1-4-8-14(3)11-7-5-6-10(13-11)9-12-2/h4-7,12H,1,8-9H2,2-3H3. The lowest BCUT2D eigenvalue weighted by Crippen LogP contribution is -2.19. The molecular formula is C11H17N3. The van der Waals surface area contributed by atoms with Gasteiger partial charge in [-0.2, -0.15) is 0 Å². The van der Waals surface area contributed by atoms with Gasteiger partial charge >= 0.3 is 0 Å². The van der Waals surface area contributed by atoms with Crippen LogP contribution in [-0.2, 0) is 6.54 Å². The highest BCUT2D eigenvalue weighted by Gasteiger charge is 2.00. The van der Waals surface area contributed by atoms with Crippen molar-refractivity contribution in [3.63, 3.8) is 0 Å². The lowest BCUT2D eigenvalue weighted by atomic mass is 10.3. The summed E-state index contributed by atoms with van der Waals surface area (Å²) in [6.45, 7) is 5.32. The fourth-order valence-corrected chi connectivity index (χ4v) is 1.25. The number of hydrogen-bond donors (Lipinski definition) is 1. The number of aromatic nitrogens is 1. The molecule has 76 valence electrons. The van der Waals surface area contributed by atoms with Gasteiger partial charge in [0.2, 0.25) is 0 Å². The molecule has 0 spiro atoms. The zero-order valence-corrected chi connectivity index (χ0v) is 8.83. The van der Waals surface area contributed by atoms with Crippen molar-refractivity contribution in [3.05, 3.63) is 36.5 Å². The first-order chi connectivity index (χ1) is 6.77. The quantitative estimate of drug-likeness (QED) is 0.713. The van der Waals surface area contributed by atoms with Crippen LogP contribution < -0.4 is 10.2 Å². The van der Waals surface area contributed by atoms with Gasteiger partial charge < -0.3 is 10.2 Å². The fraction of sp³-hybridized carbons (Fsp3) is 0.364. The van der Waals surface area contributed by atoms with E-state index < -0.39 is 0 Å². The van der Waals surface area contributed by atoms with Crippen LogP contribution in [0.25, 0.3) is 0 Å². The zero-order chi connectivity index (χ0) is 10.4. The van der Waals surface area contributed by atoms with Gasteiger partial charge in [-0.25, -0.2) is 4.98 Å². The second-order valence-corrected chi connectivity index (χ2v) is 3.19. The van der Waals surface area contributed by atoms with E-state index in [-0.39, 0.29) is 0 Å². The molecule has 1 rings (SSSR count). The molecule has 0 aliphatic heterocycles. The van der Waals surface area contributed by atoms with E-state index in [1.165, 1.54) is 0 Å². The van der Waals surface area contributed by atoms with Crippen LogP contribution in [0.4, 0.5) is 5.82 Å². The maximum atomic E-state index is 4.50. The molecule has 0 aliphatic rings. The summed E-state index contributed by atoms with van der Waals surface area (Å²) in [5, 5.41) is 3.08. The Labute approximate surface area is 85.5 Å². The number of anilines is 1. The van der Waals surface area contributed by atoms with Crippen molar-refractivity contribution in [2.24, 2.45) is 0 Å². The van der Waals surface area contributed by atoms with Crippen LogP contribution in [0, 0.1) is 0 Å². The van der Waals surface area contributed by atoms with Gasteiger partial charge in [0, 0.05) is 20.1 Å². The third kappa shape index (κ3) is 2.85. The molecule has 0 radical (unpaired) electrons. The van der Waals surface area contributed by atoms with Gasteiger partial charge in [0.15, 0.2) is 0 Å². The number of nitrogens with one attached hydrogen (secondary N) is 1. The van der Waals surface area contributed by atoms with Crippen LogP contribution >= 0.6 is 0 Å². The summed E-state index contributed by atoms with van der Waals surface area (Å²) in [7, 11) is 3.93. The number of nitrogens with zero attached hydrogens (tertiary/aromatic N) is 2.